The number of rotatable bonds is 6. The van der Waals surface area contributed by atoms with Crippen molar-refractivity contribution in [3.05, 3.63) is 51.4 Å². The molecule has 2 aromatic heterocycles. The Morgan fingerprint density at radius 2 is 2.10 bits per heavy atom. The third-order valence-corrected chi connectivity index (χ3v) is 5.41. The number of nitrogens with one attached hydrogen (secondary N) is 1. The van der Waals surface area contributed by atoms with E-state index in [1.807, 2.05) is 6.07 Å². The molecular formula is C18H15Cl2F2N5O2. The van der Waals surface area contributed by atoms with E-state index < -0.39 is 23.4 Å². The number of carbonyl (C=O) groups excluding carboxylic acids is 1. The molecule has 1 N–H and O–H groups in total. The second kappa shape index (κ2) is 7.38. The molecule has 1 aromatic carbocycles. The van der Waals surface area contributed by atoms with Gasteiger partial charge < -0.3 is 9.84 Å². The lowest BCUT2D eigenvalue weighted by atomic mass is 9.95. The highest BCUT2D eigenvalue weighted by atomic mass is 35.5. The zero-order valence-corrected chi connectivity index (χ0v) is 16.6. The minimum Gasteiger partial charge on any atom is -0.358 e. The van der Waals surface area contributed by atoms with Gasteiger partial charge in [0.1, 0.15) is 17.9 Å². The van der Waals surface area contributed by atoms with Crippen LogP contribution in [-0.2, 0) is 16.8 Å². The molecule has 1 aliphatic carbocycles. The normalized spacial score (nSPS) is 15.0. The van der Waals surface area contributed by atoms with Crippen molar-refractivity contribution in [3.63, 3.8) is 0 Å². The maximum absolute atomic E-state index is 13.1. The number of hydrogen-bond donors (Lipinski definition) is 1. The molecule has 0 saturated heterocycles. The zero-order valence-electron chi connectivity index (χ0n) is 15.1. The Balaban J connectivity index is 1.72. The lowest BCUT2D eigenvalue weighted by molar-refractivity contribution is -0.121. The van der Waals surface area contributed by atoms with E-state index in [1.165, 1.54) is 7.05 Å². The largest absolute Gasteiger partial charge is 0.358 e. The standard InChI is InChI=1S/C18H15Cl2F2N5O2/c1-23-14(28)8-27-13(7-12(25-27)15(21)22)16-24-17(26-29-16)18(4-5-18)10-3-2-9(19)6-11(10)20/h2-3,6-7,15H,4-5,8H2,1H3,(H,23,28). The first-order valence-corrected chi connectivity index (χ1v) is 9.46. The van der Waals surface area contributed by atoms with Gasteiger partial charge in [-0.25, -0.2) is 13.5 Å². The summed E-state index contributed by atoms with van der Waals surface area (Å²) in [5.74, 6) is -0.0100. The Morgan fingerprint density at radius 1 is 1.34 bits per heavy atom. The summed E-state index contributed by atoms with van der Waals surface area (Å²) in [6.45, 7) is -0.260. The summed E-state index contributed by atoms with van der Waals surface area (Å²) in [5.41, 5.74) is -0.0325. The maximum Gasteiger partial charge on any atom is 0.282 e. The van der Waals surface area contributed by atoms with Crippen LogP contribution >= 0.6 is 23.2 Å². The number of alkyl halides is 2. The van der Waals surface area contributed by atoms with E-state index in [9.17, 15) is 13.6 Å². The minimum atomic E-state index is -2.80. The van der Waals surface area contributed by atoms with Crippen molar-refractivity contribution in [1.29, 1.82) is 0 Å². The number of amides is 1. The van der Waals surface area contributed by atoms with Crippen molar-refractivity contribution >= 4 is 29.1 Å². The maximum atomic E-state index is 13.1. The summed E-state index contributed by atoms with van der Waals surface area (Å²) in [5, 5.41) is 11.3. The van der Waals surface area contributed by atoms with E-state index in [0.29, 0.717) is 15.9 Å². The lowest BCUT2D eigenvalue weighted by Crippen LogP contribution is -2.24. The van der Waals surface area contributed by atoms with Gasteiger partial charge in [-0.3, -0.25) is 4.79 Å². The van der Waals surface area contributed by atoms with Crippen LogP contribution in [0.25, 0.3) is 11.6 Å². The van der Waals surface area contributed by atoms with Gasteiger partial charge in [0.2, 0.25) is 5.91 Å². The fourth-order valence-corrected chi connectivity index (χ4v) is 3.78. The number of aromatic nitrogens is 4. The Hall–Kier alpha value is -2.52. The van der Waals surface area contributed by atoms with E-state index in [2.05, 4.69) is 20.6 Å². The van der Waals surface area contributed by atoms with Crippen LogP contribution in [0, 0.1) is 0 Å². The molecule has 7 nitrogen and oxygen atoms in total. The highest BCUT2D eigenvalue weighted by molar-refractivity contribution is 6.35. The van der Waals surface area contributed by atoms with E-state index in [0.717, 1.165) is 29.2 Å². The fourth-order valence-electron chi connectivity index (χ4n) is 3.19. The van der Waals surface area contributed by atoms with Crippen LogP contribution in [0.15, 0.2) is 28.8 Å². The van der Waals surface area contributed by atoms with Crippen molar-refractivity contribution in [2.75, 3.05) is 7.05 Å². The molecule has 11 heteroatoms. The molecule has 0 atom stereocenters. The van der Waals surface area contributed by atoms with Crippen LogP contribution in [0.4, 0.5) is 8.78 Å². The van der Waals surface area contributed by atoms with E-state index in [-0.39, 0.29) is 18.1 Å². The number of nitrogens with zero attached hydrogens (tertiary/aromatic N) is 4. The summed E-state index contributed by atoms with van der Waals surface area (Å²) < 4.78 is 32.7. The van der Waals surface area contributed by atoms with Gasteiger partial charge in [0.15, 0.2) is 5.82 Å². The molecule has 152 valence electrons. The quantitative estimate of drug-likeness (QED) is 0.624. The Bertz CT molecular complexity index is 1080. The first-order chi connectivity index (χ1) is 13.8. The number of likely N-dealkylation sites (N-methyl/N-ethyl adjacent to an activating group) is 1. The predicted octanol–water partition coefficient (Wildman–Crippen LogP) is 4.00. The average molecular weight is 442 g/mol. The number of hydrogen-bond acceptors (Lipinski definition) is 5. The molecule has 1 saturated carbocycles. The smallest absolute Gasteiger partial charge is 0.282 e. The first kappa shape index (κ1) is 19.8. The Labute approximate surface area is 174 Å². The van der Waals surface area contributed by atoms with Crippen LogP contribution < -0.4 is 5.32 Å². The van der Waals surface area contributed by atoms with Gasteiger partial charge in [0, 0.05) is 17.1 Å². The molecule has 1 fully saturated rings. The van der Waals surface area contributed by atoms with Crippen LogP contribution in [-0.4, -0.2) is 32.9 Å². The monoisotopic (exact) mass is 441 g/mol. The van der Waals surface area contributed by atoms with Gasteiger partial charge in [-0.2, -0.15) is 10.1 Å². The third-order valence-electron chi connectivity index (χ3n) is 4.86. The van der Waals surface area contributed by atoms with Gasteiger partial charge in [-0.15, -0.1) is 0 Å². The van der Waals surface area contributed by atoms with Crippen LogP contribution in [0.5, 0.6) is 0 Å². The van der Waals surface area contributed by atoms with Gasteiger partial charge in [0.25, 0.3) is 12.3 Å². The number of halogens is 4. The van der Waals surface area contributed by atoms with E-state index >= 15 is 0 Å². The Morgan fingerprint density at radius 3 is 2.72 bits per heavy atom. The molecule has 4 rings (SSSR count). The third kappa shape index (κ3) is 3.60. The molecule has 3 aromatic rings. The lowest BCUT2D eigenvalue weighted by Gasteiger charge is -2.13. The number of benzene rings is 1. The summed E-state index contributed by atoms with van der Waals surface area (Å²) >= 11 is 12.3. The van der Waals surface area contributed by atoms with Crippen molar-refractivity contribution in [3.8, 4) is 11.6 Å². The van der Waals surface area contributed by atoms with E-state index in [1.54, 1.807) is 12.1 Å². The molecule has 0 radical (unpaired) electrons. The molecule has 1 amide bonds. The fraction of sp³-hybridized carbons (Fsp3) is 0.333. The molecule has 29 heavy (non-hydrogen) atoms. The molecule has 0 spiro atoms. The van der Waals surface area contributed by atoms with Gasteiger partial charge >= 0.3 is 0 Å². The second-order valence-corrected chi connectivity index (χ2v) is 7.56. The van der Waals surface area contributed by atoms with Crippen molar-refractivity contribution < 1.29 is 18.1 Å². The topological polar surface area (TPSA) is 85.8 Å². The van der Waals surface area contributed by atoms with Gasteiger partial charge in [-0.05, 0) is 36.6 Å². The van der Waals surface area contributed by atoms with Crippen LogP contribution in [0.1, 0.15) is 36.3 Å². The molecule has 1 aliphatic rings. The molecule has 0 unspecified atom stereocenters. The molecule has 0 bridgehead atoms. The molecule has 2 heterocycles. The summed E-state index contributed by atoms with van der Waals surface area (Å²) in [6.07, 6.45) is -1.29. The van der Waals surface area contributed by atoms with Crippen molar-refractivity contribution in [2.24, 2.45) is 0 Å². The molecule has 0 aliphatic heterocycles. The van der Waals surface area contributed by atoms with Crippen LogP contribution in [0.3, 0.4) is 0 Å². The van der Waals surface area contributed by atoms with Crippen LogP contribution in [0.2, 0.25) is 10.0 Å². The summed E-state index contributed by atoms with van der Waals surface area (Å²) in [4.78, 5) is 16.1. The predicted molar refractivity (Wildman–Crippen MR) is 101 cm³/mol. The second-order valence-electron chi connectivity index (χ2n) is 6.72. The summed E-state index contributed by atoms with van der Waals surface area (Å²) in [6, 6.07) is 6.34. The zero-order chi connectivity index (χ0) is 20.8. The SMILES string of the molecule is CNC(=O)Cn1nc(C(F)F)cc1-c1nc(C2(c3ccc(Cl)cc3Cl)CC2)no1. The first-order valence-electron chi connectivity index (χ1n) is 8.70. The van der Waals surface area contributed by atoms with Crippen molar-refractivity contribution in [1.82, 2.24) is 25.2 Å². The van der Waals surface area contributed by atoms with Gasteiger partial charge in [-0.1, -0.05) is 34.4 Å². The number of carbonyl (C=O) groups is 1. The van der Waals surface area contributed by atoms with Crippen molar-refractivity contribution in [2.45, 2.75) is 31.2 Å². The highest BCUT2D eigenvalue weighted by Gasteiger charge is 2.51. The van der Waals surface area contributed by atoms with Gasteiger partial charge in [0.05, 0.1) is 5.41 Å². The molecular weight excluding hydrogens is 427 g/mol. The average Bonchev–Trinajstić information content (AvgIpc) is 3.13. The highest BCUT2D eigenvalue weighted by Crippen LogP contribution is 2.54. The van der Waals surface area contributed by atoms with E-state index in [4.69, 9.17) is 27.7 Å². The minimum absolute atomic E-state index is 0.000311. The summed E-state index contributed by atoms with van der Waals surface area (Å²) in [7, 11) is 1.44. The Kier molecular flexibility index (Phi) is 5.04.